The summed E-state index contributed by atoms with van der Waals surface area (Å²) in [6, 6.07) is 23.3. The molecule has 290 valence electrons. The Balaban J connectivity index is 0.793. The number of hydrogen-bond donors (Lipinski definition) is 2. The van der Waals surface area contributed by atoms with Crippen LogP contribution in [0, 0.1) is 5.92 Å². The number of hydrogen-bond acceptors (Lipinski definition) is 8. The van der Waals surface area contributed by atoms with E-state index in [4.69, 9.17) is 4.98 Å². The number of halogens is 2. The number of anilines is 2. The molecule has 9 rings (SSSR count). The minimum Gasteiger partial charge on any atom is -0.508 e. The Hall–Kier alpha value is -5.36. The van der Waals surface area contributed by atoms with Crippen LogP contribution in [0.2, 0.25) is 0 Å². The number of aromatic nitrogens is 1. The highest BCUT2D eigenvalue weighted by molar-refractivity contribution is 6.05. The molecule has 0 bridgehead atoms. The van der Waals surface area contributed by atoms with Gasteiger partial charge in [0.25, 0.3) is 11.8 Å². The molecule has 4 aliphatic heterocycles. The second-order valence-corrected chi connectivity index (χ2v) is 16.1. The number of carbonyl (C=O) groups is 3. The van der Waals surface area contributed by atoms with Gasteiger partial charge in [-0.25, -0.2) is 8.78 Å². The molecular weight excluding hydrogens is 715 g/mol. The number of imide groups is 1. The van der Waals surface area contributed by atoms with Crippen LogP contribution < -0.4 is 15.1 Å². The Kier molecular flexibility index (Phi) is 9.47. The molecule has 0 saturated carbocycles. The number of aromatic hydroxyl groups is 1. The molecule has 4 aromatic rings. The molecule has 0 spiro atoms. The van der Waals surface area contributed by atoms with E-state index in [9.17, 15) is 19.5 Å². The van der Waals surface area contributed by atoms with E-state index in [0.29, 0.717) is 30.0 Å². The number of phenols is 1. The van der Waals surface area contributed by atoms with Crippen molar-refractivity contribution in [1.29, 1.82) is 0 Å². The molecule has 5 heterocycles. The molecule has 5 aliphatic rings. The summed E-state index contributed by atoms with van der Waals surface area (Å²) in [5.41, 5.74) is 5.69. The highest BCUT2D eigenvalue weighted by Gasteiger charge is 2.47. The molecule has 10 nitrogen and oxygen atoms in total. The number of piperidine rings is 2. The maximum absolute atomic E-state index is 15.5. The molecule has 56 heavy (non-hydrogen) atoms. The highest BCUT2D eigenvalue weighted by Crippen LogP contribution is 2.54. The van der Waals surface area contributed by atoms with Crippen molar-refractivity contribution in [2.45, 2.75) is 62.4 Å². The zero-order chi connectivity index (χ0) is 38.6. The van der Waals surface area contributed by atoms with Gasteiger partial charge in [-0.3, -0.25) is 29.6 Å². The van der Waals surface area contributed by atoms with Crippen molar-refractivity contribution >= 4 is 29.1 Å². The van der Waals surface area contributed by atoms with Crippen molar-refractivity contribution < 1.29 is 28.3 Å². The van der Waals surface area contributed by atoms with Crippen molar-refractivity contribution in [3.8, 4) is 5.75 Å². The Morgan fingerprint density at radius 2 is 1.57 bits per heavy atom. The van der Waals surface area contributed by atoms with E-state index in [2.05, 4.69) is 32.1 Å². The molecule has 3 amide bonds. The number of pyridine rings is 1. The molecule has 3 atom stereocenters. The first-order valence-corrected chi connectivity index (χ1v) is 19.8. The fourth-order valence-corrected chi connectivity index (χ4v) is 9.68. The van der Waals surface area contributed by atoms with Crippen LogP contribution in [0.4, 0.5) is 20.2 Å². The molecule has 1 aliphatic carbocycles. The number of phenolic OH excluding ortho intramolecular Hbond substituents is 1. The summed E-state index contributed by atoms with van der Waals surface area (Å²) in [5, 5.41) is 12.5. The first-order valence-electron chi connectivity index (χ1n) is 19.8. The SMILES string of the molecule is O=C1CC[C@H](N2Cc3cc(N4CCN(CC5CCN(c6ccc([C@@H]7c8ccc(O)cc8C(F)(F)C[C@@H]7c7ccccc7)nc6)CC5)CC4)ccc3C2=O)C(=O)N1. The fourth-order valence-electron chi connectivity index (χ4n) is 9.68. The topological polar surface area (TPSA) is 109 Å². The molecule has 0 unspecified atom stereocenters. The summed E-state index contributed by atoms with van der Waals surface area (Å²) in [6.07, 6.45) is 4.30. The Morgan fingerprint density at radius 3 is 2.30 bits per heavy atom. The molecule has 12 heteroatoms. The van der Waals surface area contributed by atoms with E-state index in [-0.39, 0.29) is 41.9 Å². The van der Waals surface area contributed by atoms with E-state index in [0.717, 1.165) is 86.9 Å². The Labute approximate surface area is 325 Å². The number of nitrogens with zero attached hydrogens (tertiary/aromatic N) is 5. The number of carbonyl (C=O) groups excluding carboxylic acids is 3. The molecule has 1 aromatic heterocycles. The Bertz CT molecular complexity index is 2130. The summed E-state index contributed by atoms with van der Waals surface area (Å²) < 4.78 is 31.1. The van der Waals surface area contributed by atoms with Crippen molar-refractivity contribution in [2.75, 3.05) is 55.6 Å². The zero-order valence-electron chi connectivity index (χ0n) is 31.2. The minimum absolute atomic E-state index is 0.120. The second kappa shape index (κ2) is 14.6. The summed E-state index contributed by atoms with van der Waals surface area (Å²) in [6.45, 7) is 7.02. The molecule has 3 saturated heterocycles. The lowest BCUT2D eigenvalue weighted by molar-refractivity contribution is -0.136. The average molecular weight is 761 g/mol. The maximum Gasteiger partial charge on any atom is 0.274 e. The normalized spacial score (nSPS) is 24.2. The number of nitrogens with one attached hydrogen (secondary N) is 1. The number of piperazine rings is 1. The summed E-state index contributed by atoms with van der Waals surface area (Å²) in [5.74, 6) is -4.29. The molecule has 3 fully saturated rings. The predicted octanol–water partition coefficient (Wildman–Crippen LogP) is 6.00. The first kappa shape index (κ1) is 36.3. The summed E-state index contributed by atoms with van der Waals surface area (Å²) in [4.78, 5) is 51.0. The van der Waals surface area contributed by atoms with Crippen molar-refractivity contribution in [1.82, 2.24) is 20.1 Å². The smallest absolute Gasteiger partial charge is 0.274 e. The van der Waals surface area contributed by atoms with E-state index in [1.165, 1.54) is 12.1 Å². The third-order valence-electron chi connectivity index (χ3n) is 12.7. The first-order chi connectivity index (χ1) is 27.1. The number of alkyl halides is 2. The summed E-state index contributed by atoms with van der Waals surface area (Å²) >= 11 is 0. The van der Waals surface area contributed by atoms with Gasteiger partial charge in [-0.05, 0) is 84.3 Å². The van der Waals surface area contributed by atoms with E-state index < -0.39 is 23.8 Å². The van der Waals surface area contributed by atoms with Gasteiger partial charge in [0.2, 0.25) is 11.8 Å². The molecular formula is C44H46F2N6O4. The van der Waals surface area contributed by atoms with Gasteiger partial charge in [0.15, 0.2) is 0 Å². The van der Waals surface area contributed by atoms with E-state index >= 15 is 8.78 Å². The van der Waals surface area contributed by atoms with Crippen LogP contribution >= 0.6 is 0 Å². The third-order valence-corrected chi connectivity index (χ3v) is 12.7. The zero-order valence-corrected chi connectivity index (χ0v) is 31.2. The van der Waals surface area contributed by atoms with Crippen LogP contribution in [0.1, 0.15) is 82.2 Å². The van der Waals surface area contributed by atoms with Gasteiger partial charge in [0.1, 0.15) is 11.8 Å². The number of amides is 3. The van der Waals surface area contributed by atoms with Crippen LogP contribution in [0.15, 0.2) is 85.1 Å². The van der Waals surface area contributed by atoms with Gasteiger partial charge in [-0.15, -0.1) is 0 Å². The predicted molar refractivity (Wildman–Crippen MR) is 208 cm³/mol. The van der Waals surface area contributed by atoms with Gasteiger partial charge >= 0.3 is 0 Å². The summed E-state index contributed by atoms with van der Waals surface area (Å²) in [7, 11) is 0. The second-order valence-electron chi connectivity index (χ2n) is 16.1. The van der Waals surface area contributed by atoms with E-state index in [1.807, 2.05) is 54.7 Å². The molecule has 2 N–H and O–H groups in total. The number of benzene rings is 3. The van der Waals surface area contributed by atoms with Crippen LogP contribution in [0.25, 0.3) is 0 Å². The van der Waals surface area contributed by atoms with Gasteiger partial charge < -0.3 is 19.8 Å². The standard InChI is InChI=1S/C44H46F2N6O4/c45-44(46)24-36(29-4-2-1-3-5-29)41(35-10-8-33(53)23-37(35)44)38-11-7-32(25-47-38)50-16-14-28(15-17-50)26-49-18-20-51(21-19-49)31-6-9-34-30(22-31)27-52(43(34)56)39-12-13-40(54)48-42(39)55/h1-11,22-23,25,28,36,39,41,53H,12-21,24,26-27H2,(H,48,54,55)/t36-,39+,41-/m1/s1. The lowest BCUT2D eigenvalue weighted by atomic mass is 9.69. The Morgan fingerprint density at radius 1 is 0.821 bits per heavy atom. The molecule has 3 aromatic carbocycles. The minimum atomic E-state index is -3.07. The largest absolute Gasteiger partial charge is 0.508 e. The number of rotatable bonds is 7. The van der Waals surface area contributed by atoms with Crippen LogP contribution in [-0.2, 0) is 22.1 Å². The third kappa shape index (κ3) is 6.88. The van der Waals surface area contributed by atoms with Gasteiger partial charge in [0, 0.05) is 99.5 Å². The van der Waals surface area contributed by atoms with Crippen LogP contribution in [-0.4, -0.2) is 89.5 Å². The van der Waals surface area contributed by atoms with Crippen LogP contribution in [0.3, 0.4) is 0 Å². The van der Waals surface area contributed by atoms with Gasteiger partial charge in [-0.1, -0.05) is 36.4 Å². The van der Waals surface area contributed by atoms with Crippen molar-refractivity contribution in [3.63, 3.8) is 0 Å². The number of fused-ring (bicyclic) bond motifs is 2. The lowest BCUT2D eigenvalue weighted by Gasteiger charge is -2.40. The highest BCUT2D eigenvalue weighted by atomic mass is 19.3. The van der Waals surface area contributed by atoms with Gasteiger partial charge in [0.05, 0.1) is 11.9 Å². The molecule has 0 radical (unpaired) electrons. The maximum atomic E-state index is 15.5. The monoisotopic (exact) mass is 760 g/mol. The van der Waals surface area contributed by atoms with Crippen LogP contribution in [0.5, 0.6) is 5.75 Å². The lowest BCUT2D eigenvalue weighted by Crippen LogP contribution is -2.52. The average Bonchev–Trinajstić information content (AvgIpc) is 3.53. The van der Waals surface area contributed by atoms with E-state index in [1.54, 1.807) is 11.0 Å². The fraction of sp³-hybridized carbons (Fsp3) is 0.409. The quantitative estimate of drug-likeness (QED) is 0.221. The van der Waals surface area contributed by atoms with Crippen molar-refractivity contribution in [2.24, 2.45) is 5.92 Å². The van der Waals surface area contributed by atoms with Crippen molar-refractivity contribution in [3.05, 3.63) is 119 Å². The van der Waals surface area contributed by atoms with Gasteiger partial charge in [-0.2, -0.15) is 0 Å².